The molecule has 0 saturated heterocycles. The molecule has 0 aliphatic heterocycles. The molecule has 0 aromatic heterocycles. The zero-order valence-electron chi connectivity index (χ0n) is 11.1. The fourth-order valence-corrected chi connectivity index (χ4v) is 2.33. The van der Waals surface area contributed by atoms with Gasteiger partial charge in [0.05, 0.1) is 33.9 Å². The molecule has 0 bridgehead atoms. The highest BCUT2D eigenvalue weighted by Crippen LogP contribution is 2.32. The Kier molecular flexibility index (Phi) is 7.62. The van der Waals surface area contributed by atoms with Crippen molar-refractivity contribution < 1.29 is 9.90 Å². The number of halogens is 3. The summed E-state index contributed by atoms with van der Waals surface area (Å²) in [4.78, 5) is 13.8. The minimum atomic E-state index is -0.216. The van der Waals surface area contributed by atoms with Crippen LogP contribution in [0.25, 0.3) is 0 Å². The van der Waals surface area contributed by atoms with E-state index in [-0.39, 0.29) is 19.1 Å². The van der Waals surface area contributed by atoms with Gasteiger partial charge in [-0.15, -0.1) is 0 Å². The van der Waals surface area contributed by atoms with Crippen LogP contribution in [0, 0.1) is 0 Å². The first kappa shape index (κ1) is 17.5. The minimum Gasteiger partial charge on any atom is -0.395 e. The SMILES string of the molecule is CCCN(CCO)CC(=O)Nc1cc(Cl)c(Cl)cc1Cl. The average Bonchev–Trinajstić information content (AvgIpc) is 2.36. The Morgan fingerprint density at radius 2 is 1.85 bits per heavy atom. The molecule has 0 saturated carbocycles. The van der Waals surface area contributed by atoms with E-state index in [9.17, 15) is 4.79 Å². The van der Waals surface area contributed by atoms with Gasteiger partial charge in [0.1, 0.15) is 0 Å². The molecule has 112 valence electrons. The van der Waals surface area contributed by atoms with Crippen molar-refractivity contribution in [1.82, 2.24) is 4.90 Å². The second-order valence-electron chi connectivity index (χ2n) is 4.29. The van der Waals surface area contributed by atoms with E-state index in [0.717, 1.165) is 13.0 Å². The average molecular weight is 340 g/mol. The van der Waals surface area contributed by atoms with E-state index in [1.807, 2.05) is 11.8 Å². The molecular formula is C13H17Cl3N2O2. The van der Waals surface area contributed by atoms with Crippen LogP contribution in [0.15, 0.2) is 12.1 Å². The van der Waals surface area contributed by atoms with Crippen molar-refractivity contribution >= 4 is 46.4 Å². The largest absolute Gasteiger partial charge is 0.395 e. The molecule has 1 amide bonds. The molecule has 0 atom stereocenters. The number of nitrogens with zero attached hydrogens (tertiary/aromatic N) is 1. The second kappa shape index (κ2) is 8.70. The van der Waals surface area contributed by atoms with E-state index in [0.29, 0.717) is 27.3 Å². The second-order valence-corrected chi connectivity index (χ2v) is 5.52. The first-order valence-electron chi connectivity index (χ1n) is 6.25. The Labute approximate surface area is 133 Å². The van der Waals surface area contributed by atoms with Crippen LogP contribution in [0.4, 0.5) is 5.69 Å². The normalized spacial score (nSPS) is 10.9. The van der Waals surface area contributed by atoms with Crippen LogP contribution in [0.5, 0.6) is 0 Å². The Hall–Kier alpha value is -0.520. The maximum atomic E-state index is 12.0. The molecule has 0 heterocycles. The topological polar surface area (TPSA) is 52.6 Å². The highest BCUT2D eigenvalue weighted by Gasteiger charge is 2.12. The molecule has 1 aromatic rings. The summed E-state index contributed by atoms with van der Waals surface area (Å²) in [5.74, 6) is -0.216. The Morgan fingerprint density at radius 1 is 1.20 bits per heavy atom. The number of anilines is 1. The number of amides is 1. The number of hydrogen-bond acceptors (Lipinski definition) is 3. The van der Waals surface area contributed by atoms with Gasteiger partial charge in [0.25, 0.3) is 0 Å². The monoisotopic (exact) mass is 338 g/mol. The lowest BCUT2D eigenvalue weighted by atomic mass is 10.3. The molecule has 0 aliphatic carbocycles. The summed E-state index contributed by atoms with van der Waals surface area (Å²) in [6.45, 7) is 3.41. The van der Waals surface area contributed by atoms with Crippen molar-refractivity contribution in [3.63, 3.8) is 0 Å². The summed E-state index contributed by atoms with van der Waals surface area (Å²) >= 11 is 17.7. The lowest BCUT2D eigenvalue weighted by Crippen LogP contribution is -2.35. The molecule has 0 aliphatic rings. The maximum Gasteiger partial charge on any atom is 0.238 e. The van der Waals surface area contributed by atoms with Crippen molar-refractivity contribution in [3.8, 4) is 0 Å². The van der Waals surface area contributed by atoms with E-state index in [4.69, 9.17) is 39.9 Å². The predicted octanol–water partition coefficient (Wildman–Crippen LogP) is 3.29. The van der Waals surface area contributed by atoms with Crippen LogP contribution in [0.2, 0.25) is 15.1 Å². The first-order chi connectivity index (χ1) is 9.47. The van der Waals surface area contributed by atoms with Crippen molar-refractivity contribution in [2.75, 3.05) is 31.6 Å². The molecule has 7 heteroatoms. The Morgan fingerprint density at radius 3 is 2.45 bits per heavy atom. The quantitative estimate of drug-likeness (QED) is 0.750. The molecule has 1 aromatic carbocycles. The summed E-state index contributed by atoms with van der Waals surface area (Å²) in [6, 6.07) is 3.00. The number of nitrogens with one attached hydrogen (secondary N) is 1. The molecule has 0 radical (unpaired) electrons. The van der Waals surface area contributed by atoms with Gasteiger partial charge in [-0.1, -0.05) is 41.7 Å². The fraction of sp³-hybridized carbons (Fsp3) is 0.462. The van der Waals surface area contributed by atoms with Gasteiger partial charge in [-0.25, -0.2) is 0 Å². The number of rotatable bonds is 7. The highest BCUT2D eigenvalue weighted by atomic mass is 35.5. The third-order valence-electron chi connectivity index (χ3n) is 2.61. The van der Waals surface area contributed by atoms with E-state index < -0.39 is 0 Å². The summed E-state index contributed by atoms with van der Waals surface area (Å²) < 4.78 is 0. The van der Waals surface area contributed by atoms with E-state index in [1.54, 1.807) is 0 Å². The molecular weight excluding hydrogens is 323 g/mol. The van der Waals surface area contributed by atoms with E-state index in [1.165, 1.54) is 12.1 Å². The molecule has 20 heavy (non-hydrogen) atoms. The molecule has 1 rings (SSSR count). The van der Waals surface area contributed by atoms with Crippen molar-refractivity contribution in [2.24, 2.45) is 0 Å². The predicted molar refractivity (Wildman–Crippen MR) is 83.9 cm³/mol. The molecule has 0 spiro atoms. The van der Waals surface area contributed by atoms with Crippen LogP contribution in [0.3, 0.4) is 0 Å². The van der Waals surface area contributed by atoms with Gasteiger partial charge >= 0.3 is 0 Å². The fourth-order valence-electron chi connectivity index (χ4n) is 1.74. The number of aliphatic hydroxyl groups excluding tert-OH is 1. The standard InChI is InChI=1S/C13H17Cl3N2O2/c1-2-3-18(4-5-19)8-13(20)17-12-7-10(15)9(14)6-11(12)16/h6-7,19H,2-5,8H2,1H3,(H,17,20). The van der Waals surface area contributed by atoms with Gasteiger partial charge in [-0.2, -0.15) is 0 Å². The van der Waals surface area contributed by atoms with Crippen LogP contribution in [0.1, 0.15) is 13.3 Å². The summed E-state index contributed by atoms with van der Waals surface area (Å²) in [5, 5.41) is 12.6. The van der Waals surface area contributed by atoms with Crippen LogP contribution in [-0.4, -0.2) is 42.2 Å². The molecule has 2 N–H and O–H groups in total. The van der Waals surface area contributed by atoms with Crippen molar-refractivity contribution in [3.05, 3.63) is 27.2 Å². The maximum absolute atomic E-state index is 12.0. The zero-order chi connectivity index (χ0) is 15.1. The molecule has 0 fully saturated rings. The molecule has 4 nitrogen and oxygen atoms in total. The number of aliphatic hydroxyl groups is 1. The Bertz CT molecular complexity index is 463. The smallest absolute Gasteiger partial charge is 0.238 e. The summed E-state index contributed by atoms with van der Waals surface area (Å²) in [6.07, 6.45) is 0.904. The number of carbonyl (C=O) groups is 1. The van der Waals surface area contributed by atoms with Crippen molar-refractivity contribution in [1.29, 1.82) is 0 Å². The van der Waals surface area contributed by atoms with Crippen LogP contribution >= 0.6 is 34.8 Å². The van der Waals surface area contributed by atoms with Gasteiger partial charge in [0.2, 0.25) is 5.91 Å². The number of hydrogen-bond donors (Lipinski definition) is 2. The van der Waals surface area contributed by atoms with E-state index in [2.05, 4.69) is 5.32 Å². The van der Waals surface area contributed by atoms with Crippen LogP contribution < -0.4 is 5.32 Å². The lowest BCUT2D eigenvalue weighted by molar-refractivity contribution is -0.117. The zero-order valence-corrected chi connectivity index (χ0v) is 13.4. The van der Waals surface area contributed by atoms with Gasteiger partial charge in [0, 0.05) is 6.54 Å². The highest BCUT2D eigenvalue weighted by molar-refractivity contribution is 6.44. The summed E-state index contributed by atoms with van der Waals surface area (Å²) in [7, 11) is 0. The minimum absolute atomic E-state index is 0.0147. The third kappa shape index (κ3) is 5.46. The lowest BCUT2D eigenvalue weighted by Gasteiger charge is -2.20. The van der Waals surface area contributed by atoms with E-state index >= 15 is 0 Å². The van der Waals surface area contributed by atoms with Gasteiger partial charge < -0.3 is 10.4 Å². The van der Waals surface area contributed by atoms with Gasteiger partial charge in [0.15, 0.2) is 0 Å². The Balaban J connectivity index is 2.68. The van der Waals surface area contributed by atoms with Gasteiger partial charge in [-0.05, 0) is 25.1 Å². The van der Waals surface area contributed by atoms with Crippen LogP contribution in [-0.2, 0) is 4.79 Å². The first-order valence-corrected chi connectivity index (χ1v) is 7.39. The number of carbonyl (C=O) groups excluding carboxylic acids is 1. The third-order valence-corrected chi connectivity index (χ3v) is 3.64. The molecule has 0 unspecified atom stereocenters. The number of benzene rings is 1. The summed E-state index contributed by atoms with van der Waals surface area (Å²) in [5.41, 5.74) is 0.423. The van der Waals surface area contributed by atoms with Crippen molar-refractivity contribution in [2.45, 2.75) is 13.3 Å². The van der Waals surface area contributed by atoms with Gasteiger partial charge in [-0.3, -0.25) is 9.69 Å².